The van der Waals surface area contributed by atoms with E-state index in [1.807, 2.05) is 30.8 Å². The standard InChI is InChI=1S/C16H21N3O2/c1-10-7-14(10)16(20)21-6-4-5-13-8-17-15-11(2)12(3)18-19(15)9-13/h8-10,14H,4-7H2,1-3H3/t10-,14-/m0/s1. The third kappa shape index (κ3) is 2.91. The fourth-order valence-electron chi connectivity index (χ4n) is 2.53. The summed E-state index contributed by atoms with van der Waals surface area (Å²) in [5, 5.41) is 4.44. The zero-order valence-electron chi connectivity index (χ0n) is 12.8. The van der Waals surface area contributed by atoms with Crippen molar-refractivity contribution in [2.24, 2.45) is 11.8 Å². The van der Waals surface area contributed by atoms with E-state index in [4.69, 9.17) is 4.74 Å². The van der Waals surface area contributed by atoms with Gasteiger partial charge in [0.1, 0.15) is 0 Å². The summed E-state index contributed by atoms with van der Waals surface area (Å²) in [6, 6.07) is 0. The Balaban J connectivity index is 1.52. The van der Waals surface area contributed by atoms with Gasteiger partial charge in [-0.05, 0) is 44.6 Å². The first-order chi connectivity index (χ1) is 10.1. The lowest BCUT2D eigenvalue weighted by atomic mass is 10.2. The summed E-state index contributed by atoms with van der Waals surface area (Å²) in [6.07, 6.45) is 6.53. The number of rotatable bonds is 5. The molecule has 112 valence electrons. The van der Waals surface area contributed by atoms with Crippen LogP contribution in [-0.4, -0.2) is 27.2 Å². The van der Waals surface area contributed by atoms with Crippen molar-refractivity contribution >= 4 is 11.6 Å². The molecule has 2 aromatic rings. The molecule has 2 aromatic heterocycles. The highest BCUT2D eigenvalue weighted by molar-refractivity contribution is 5.75. The summed E-state index contributed by atoms with van der Waals surface area (Å²) >= 11 is 0. The van der Waals surface area contributed by atoms with Gasteiger partial charge in [-0.15, -0.1) is 0 Å². The van der Waals surface area contributed by atoms with Gasteiger partial charge >= 0.3 is 5.97 Å². The molecule has 0 aromatic carbocycles. The topological polar surface area (TPSA) is 56.5 Å². The normalized spacial score (nSPS) is 20.7. The highest BCUT2D eigenvalue weighted by Crippen LogP contribution is 2.38. The molecule has 0 amide bonds. The summed E-state index contributed by atoms with van der Waals surface area (Å²) < 4.78 is 7.12. The molecule has 0 aliphatic heterocycles. The van der Waals surface area contributed by atoms with Crippen LogP contribution in [0.15, 0.2) is 12.4 Å². The van der Waals surface area contributed by atoms with Gasteiger partial charge in [0.25, 0.3) is 0 Å². The van der Waals surface area contributed by atoms with E-state index in [-0.39, 0.29) is 11.9 Å². The molecule has 1 aliphatic rings. The number of ether oxygens (including phenoxy) is 1. The van der Waals surface area contributed by atoms with Crippen molar-refractivity contribution in [2.75, 3.05) is 6.61 Å². The molecule has 2 heterocycles. The van der Waals surface area contributed by atoms with Gasteiger partial charge in [0.05, 0.1) is 18.2 Å². The van der Waals surface area contributed by atoms with Crippen LogP contribution in [0.5, 0.6) is 0 Å². The minimum atomic E-state index is -0.0330. The molecule has 5 nitrogen and oxygen atoms in total. The monoisotopic (exact) mass is 287 g/mol. The number of nitrogens with zero attached hydrogens (tertiary/aromatic N) is 3. The molecule has 0 radical (unpaired) electrons. The average molecular weight is 287 g/mol. The minimum Gasteiger partial charge on any atom is -0.465 e. The Morgan fingerprint density at radius 2 is 2.24 bits per heavy atom. The Labute approximate surface area is 124 Å². The largest absolute Gasteiger partial charge is 0.465 e. The number of esters is 1. The molecule has 1 fully saturated rings. The number of hydrogen-bond acceptors (Lipinski definition) is 4. The van der Waals surface area contributed by atoms with E-state index in [9.17, 15) is 4.79 Å². The predicted octanol–water partition coefficient (Wildman–Crippen LogP) is 2.48. The van der Waals surface area contributed by atoms with Crippen LogP contribution in [0.4, 0.5) is 0 Å². The van der Waals surface area contributed by atoms with Crippen LogP contribution in [-0.2, 0) is 16.0 Å². The second-order valence-electron chi connectivity index (χ2n) is 6.03. The van der Waals surface area contributed by atoms with Crippen molar-refractivity contribution in [1.29, 1.82) is 0 Å². The molecule has 3 rings (SSSR count). The van der Waals surface area contributed by atoms with Gasteiger partial charge in [-0.1, -0.05) is 6.92 Å². The van der Waals surface area contributed by atoms with Crippen LogP contribution in [0.1, 0.15) is 36.6 Å². The second kappa shape index (κ2) is 5.47. The van der Waals surface area contributed by atoms with Crippen molar-refractivity contribution in [3.8, 4) is 0 Å². The Hall–Kier alpha value is -1.91. The highest BCUT2D eigenvalue weighted by Gasteiger charge is 2.40. The molecule has 1 aliphatic carbocycles. The Morgan fingerprint density at radius 1 is 1.48 bits per heavy atom. The number of hydrogen-bond donors (Lipinski definition) is 0. The molecule has 5 heteroatoms. The number of aromatic nitrogens is 3. The fourth-order valence-corrected chi connectivity index (χ4v) is 2.53. The van der Waals surface area contributed by atoms with Crippen molar-refractivity contribution in [1.82, 2.24) is 14.6 Å². The van der Waals surface area contributed by atoms with E-state index in [2.05, 4.69) is 17.0 Å². The van der Waals surface area contributed by atoms with Gasteiger partial charge in [-0.25, -0.2) is 9.50 Å². The lowest BCUT2D eigenvalue weighted by molar-refractivity contribution is -0.145. The van der Waals surface area contributed by atoms with Crippen molar-refractivity contribution < 1.29 is 9.53 Å². The molecule has 0 spiro atoms. The molecule has 21 heavy (non-hydrogen) atoms. The molecule has 0 bridgehead atoms. The van der Waals surface area contributed by atoms with Crippen molar-refractivity contribution in [3.05, 3.63) is 29.2 Å². The zero-order valence-corrected chi connectivity index (χ0v) is 12.8. The van der Waals surface area contributed by atoms with Crippen LogP contribution in [0, 0.1) is 25.7 Å². The number of fused-ring (bicyclic) bond motifs is 1. The van der Waals surface area contributed by atoms with Crippen LogP contribution >= 0.6 is 0 Å². The van der Waals surface area contributed by atoms with E-state index in [0.29, 0.717) is 12.5 Å². The quantitative estimate of drug-likeness (QED) is 0.626. The third-order valence-corrected chi connectivity index (χ3v) is 4.26. The molecule has 2 atom stereocenters. The number of aryl methyl sites for hydroxylation is 3. The van der Waals surface area contributed by atoms with E-state index < -0.39 is 0 Å². The van der Waals surface area contributed by atoms with Crippen LogP contribution in [0.3, 0.4) is 0 Å². The van der Waals surface area contributed by atoms with E-state index in [1.54, 1.807) is 0 Å². The smallest absolute Gasteiger partial charge is 0.309 e. The van der Waals surface area contributed by atoms with E-state index in [0.717, 1.165) is 41.7 Å². The molecular formula is C16H21N3O2. The minimum absolute atomic E-state index is 0.0330. The zero-order chi connectivity index (χ0) is 15.0. The first kappa shape index (κ1) is 14.0. The molecule has 0 unspecified atom stereocenters. The van der Waals surface area contributed by atoms with E-state index >= 15 is 0 Å². The average Bonchev–Trinajstić information content (AvgIpc) is 3.13. The van der Waals surface area contributed by atoms with Crippen LogP contribution < -0.4 is 0 Å². The number of carbonyl (C=O) groups excluding carboxylic acids is 1. The fraction of sp³-hybridized carbons (Fsp3) is 0.562. The van der Waals surface area contributed by atoms with E-state index in [1.165, 1.54) is 0 Å². The maximum Gasteiger partial charge on any atom is 0.309 e. The molecule has 0 N–H and O–H groups in total. The van der Waals surface area contributed by atoms with Gasteiger partial charge in [0, 0.05) is 18.0 Å². The van der Waals surface area contributed by atoms with Gasteiger partial charge in [0.15, 0.2) is 5.65 Å². The van der Waals surface area contributed by atoms with Gasteiger partial charge in [-0.3, -0.25) is 4.79 Å². The highest BCUT2D eigenvalue weighted by atomic mass is 16.5. The summed E-state index contributed by atoms with van der Waals surface area (Å²) in [5.41, 5.74) is 4.15. The SMILES string of the molecule is Cc1nn2cc(CCCOC(=O)[C@H]3C[C@@H]3C)cnc2c1C. The first-order valence-electron chi connectivity index (χ1n) is 7.53. The lowest BCUT2D eigenvalue weighted by Gasteiger charge is -2.04. The number of carbonyl (C=O) groups is 1. The Morgan fingerprint density at radius 3 is 2.95 bits per heavy atom. The van der Waals surface area contributed by atoms with Crippen molar-refractivity contribution in [2.45, 2.75) is 40.0 Å². The Kier molecular flexibility index (Phi) is 3.66. The molecular weight excluding hydrogens is 266 g/mol. The molecule has 1 saturated carbocycles. The summed E-state index contributed by atoms with van der Waals surface area (Å²) in [7, 11) is 0. The van der Waals surface area contributed by atoms with Gasteiger partial charge in [-0.2, -0.15) is 5.10 Å². The third-order valence-electron chi connectivity index (χ3n) is 4.26. The summed E-state index contributed by atoms with van der Waals surface area (Å²) in [4.78, 5) is 16.0. The summed E-state index contributed by atoms with van der Waals surface area (Å²) in [6.45, 7) is 6.59. The summed E-state index contributed by atoms with van der Waals surface area (Å²) in [5.74, 6) is 0.628. The van der Waals surface area contributed by atoms with Gasteiger partial charge in [0.2, 0.25) is 0 Å². The second-order valence-corrected chi connectivity index (χ2v) is 6.03. The first-order valence-corrected chi connectivity index (χ1v) is 7.53. The van der Waals surface area contributed by atoms with Gasteiger partial charge < -0.3 is 4.74 Å². The molecule has 0 saturated heterocycles. The maximum absolute atomic E-state index is 11.6. The van der Waals surface area contributed by atoms with Crippen LogP contribution in [0.25, 0.3) is 5.65 Å². The van der Waals surface area contributed by atoms with Crippen LogP contribution in [0.2, 0.25) is 0 Å². The Bertz CT molecular complexity index is 677. The predicted molar refractivity (Wildman–Crippen MR) is 79.0 cm³/mol. The lowest BCUT2D eigenvalue weighted by Crippen LogP contribution is -2.09. The maximum atomic E-state index is 11.6. The van der Waals surface area contributed by atoms with Crippen molar-refractivity contribution in [3.63, 3.8) is 0 Å².